The first kappa shape index (κ1) is 11.8. The lowest BCUT2D eigenvalue weighted by Crippen LogP contribution is -2.28. The van der Waals surface area contributed by atoms with Crippen LogP contribution in [0.4, 0.5) is 0 Å². The van der Waals surface area contributed by atoms with Gasteiger partial charge in [0.2, 0.25) is 5.91 Å². The topological polar surface area (TPSA) is 69.6 Å². The number of carbonyl (C=O) groups excluding carboxylic acids is 1. The maximum absolute atomic E-state index is 11.7. The molecule has 0 radical (unpaired) electrons. The van der Waals surface area contributed by atoms with Crippen molar-refractivity contribution in [2.45, 2.75) is 32.2 Å². The summed E-state index contributed by atoms with van der Waals surface area (Å²) >= 11 is 0. The van der Waals surface area contributed by atoms with Gasteiger partial charge in [-0.2, -0.15) is 0 Å². The molecule has 4 heteroatoms. The second kappa shape index (κ2) is 5.08. The molecule has 0 atom stereocenters. The number of benzene rings is 1. The van der Waals surface area contributed by atoms with E-state index in [0.717, 1.165) is 31.2 Å². The second-order valence-electron chi connectivity index (χ2n) is 4.52. The molecule has 0 unspecified atom stereocenters. The Bertz CT molecular complexity index is 411. The molecule has 1 aromatic rings. The molecule has 0 saturated heterocycles. The molecule has 1 aliphatic carbocycles. The third-order valence-electron chi connectivity index (χ3n) is 3.23. The second-order valence-corrected chi connectivity index (χ2v) is 4.52. The summed E-state index contributed by atoms with van der Waals surface area (Å²) in [5.74, 6) is -0.0516. The Morgan fingerprint density at radius 3 is 2.59 bits per heavy atom. The minimum absolute atomic E-state index is 0.0927. The summed E-state index contributed by atoms with van der Waals surface area (Å²) in [4.78, 5) is 11.7. The normalized spacial score (nSPS) is 16.0. The minimum Gasteiger partial charge on any atom is -0.504 e. The fourth-order valence-corrected chi connectivity index (χ4v) is 2.20. The molecule has 3 N–H and O–H groups in total. The Labute approximate surface area is 100 Å². The molecular weight excluding hydrogens is 218 g/mol. The van der Waals surface area contributed by atoms with Crippen molar-refractivity contribution in [3.05, 3.63) is 23.8 Å². The van der Waals surface area contributed by atoms with Crippen LogP contribution in [0.3, 0.4) is 0 Å². The summed E-state index contributed by atoms with van der Waals surface area (Å²) in [6.07, 6.45) is 4.23. The predicted molar refractivity (Wildman–Crippen MR) is 63.6 cm³/mol. The van der Waals surface area contributed by atoms with Crippen molar-refractivity contribution in [2.75, 3.05) is 0 Å². The molecule has 1 amide bonds. The van der Waals surface area contributed by atoms with Crippen LogP contribution < -0.4 is 5.32 Å². The van der Waals surface area contributed by atoms with Gasteiger partial charge >= 0.3 is 0 Å². The lowest BCUT2D eigenvalue weighted by Gasteiger charge is -2.10. The molecule has 0 aliphatic heterocycles. The highest BCUT2D eigenvalue weighted by molar-refractivity contribution is 5.78. The first-order chi connectivity index (χ1) is 8.16. The number of phenolic OH excluding ortho intramolecular Hbond substituents is 2. The van der Waals surface area contributed by atoms with Crippen LogP contribution in [-0.2, 0) is 11.3 Å². The van der Waals surface area contributed by atoms with E-state index in [1.165, 1.54) is 12.1 Å². The van der Waals surface area contributed by atoms with Crippen molar-refractivity contribution in [1.82, 2.24) is 5.32 Å². The molecular formula is C13H17NO3. The number of hydrogen-bond donors (Lipinski definition) is 3. The summed E-state index contributed by atoms with van der Waals surface area (Å²) in [5, 5.41) is 21.3. The maximum atomic E-state index is 11.7. The van der Waals surface area contributed by atoms with Gasteiger partial charge in [-0.05, 0) is 30.5 Å². The van der Waals surface area contributed by atoms with E-state index >= 15 is 0 Å². The van der Waals surface area contributed by atoms with Gasteiger partial charge in [-0.25, -0.2) is 0 Å². The Morgan fingerprint density at radius 1 is 1.24 bits per heavy atom. The van der Waals surface area contributed by atoms with E-state index in [0.29, 0.717) is 6.54 Å². The molecule has 17 heavy (non-hydrogen) atoms. The van der Waals surface area contributed by atoms with Gasteiger partial charge in [-0.3, -0.25) is 4.79 Å². The average molecular weight is 235 g/mol. The fourth-order valence-electron chi connectivity index (χ4n) is 2.20. The number of rotatable bonds is 3. The van der Waals surface area contributed by atoms with Gasteiger partial charge in [-0.15, -0.1) is 0 Å². The molecule has 0 spiro atoms. The summed E-state index contributed by atoms with van der Waals surface area (Å²) in [7, 11) is 0. The molecule has 92 valence electrons. The Morgan fingerprint density at radius 2 is 1.94 bits per heavy atom. The molecule has 1 aromatic carbocycles. The van der Waals surface area contributed by atoms with Crippen LogP contribution in [0.15, 0.2) is 18.2 Å². The number of phenols is 2. The van der Waals surface area contributed by atoms with Gasteiger partial charge in [0.15, 0.2) is 11.5 Å². The number of amides is 1. The standard InChI is InChI=1S/C13H17NO3/c15-11-6-5-9(7-12(11)16)8-14-13(17)10-3-1-2-4-10/h5-7,10,15-16H,1-4,8H2,(H,14,17). The van der Waals surface area contributed by atoms with Crippen LogP contribution in [0.2, 0.25) is 0 Å². The zero-order valence-electron chi connectivity index (χ0n) is 9.65. The van der Waals surface area contributed by atoms with Gasteiger partial charge in [-0.1, -0.05) is 18.9 Å². The molecule has 4 nitrogen and oxygen atoms in total. The van der Waals surface area contributed by atoms with Crippen LogP contribution in [-0.4, -0.2) is 16.1 Å². The van der Waals surface area contributed by atoms with Crippen molar-refractivity contribution in [2.24, 2.45) is 5.92 Å². The Balaban J connectivity index is 1.88. The van der Waals surface area contributed by atoms with E-state index in [1.54, 1.807) is 6.07 Å². The van der Waals surface area contributed by atoms with E-state index in [1.807, 2.05) is 0 Å². The van der Waals surface area contributed by atoms with E-state index in [-0.39, 0.29) is 23.3 Å². The summed E-state index contributed by atoms with van der Waals surface area (Å²) in [6, 6.07) is 4.57. The van der Waals surface area contributed by atoms with Crippen LogP contribution in [0.5, 0.6) is 11.5 Å². The van der Waals surface area contributed by atoms with Gasteiger partial charge < -0.3 is 15.5 Å². The van der Waals surface area contributed by atoms with Crippen LogP contribution in [0, 0.1) is 5.92 Å². The number of nitrogens with one attached hydrogen (secondary N) is 1. The largest absolute Gasteiger partial charge is 0.504 e. The van der Waals surface area contributed by atoms with Crippen molar-refractivity contribution in [3.8, 4) is 11.5 Å². The molecule has 1 fully saturated rings. The monoisotopic (exact) mass is 235 g/mol. The lowest BCUT2D eigenvalue weighted by molar-refractivity contribution is -0.124. The minimum atomic E-state index is -0.155. The van der Waals surface area contributed by atoms with Crippen molar-refractivity contribution < 1.29 is 15.0 Å². The fraction of sp³-hybridized carbons (Fsp3) is 0.462. The molecule has 0 aromatic heterocycles. The molecule has 0 heterocycles. The number of hydrogen-bond acceptors (Lipinski definition) is 3. The highest BCUT2D eigenvalue weighted by atomic mass is 16.3. The van der Waals surface area contributed by atoms with Gasteiger partial charge in [0, 0.05) is 12.5 Å². The zero-order chi connectivity index (χ0) is 12.3. The van der Waals surface area contributed by atoms with Crippen LogP contribution in [0.25, 0.3) is 0 Å². The maximum Gasteiger partial charge on any atom is 0.223 e. The van der Waals surface area contributed by atoms with Gasteiger partial charge in [0.1, 0.15) is 0 Å². The number of carbonyl (C=O) groups is 1. The van der Waals surface area contributed by atoms with E-state index in [4.69, 9.17) is 5.11 Å². The Kier molecular flexibility index (Phi) is 3.52. The Hall–Kier alpha value is -1.71. The van der Waals surface area contributed by atoms with Crippen molar-refractivity contribution in [3.63, 3.8) is 0 Å². The molecule has 1 saturated carbocycles. The van der Waals surface area contributed by atoms with Crippen LogP contribution in [0.1, 0.15) is 31.2 Å². The molecule has 2 rings (SSSR count). The lowest BCUT2D eigenvalue weighted by atomic mass is 10.1. The first-order valence-corrected chi connectivity index (χ1v) is 5.95. The van der Waals surface area contributed by atoms with Gasteiger partial charge in [0.25, 0.3) is 0 Å². The summed E-state index contributed by atoms with van der Waals surface area (Å²) in [6.45, 7) is 0.392. The van der Waals surface area contributed by atoms with E-state index in [9.17, 15) is 9.90 Å². The third-order valence-corrected chi connectivity index (χ3v) is 3.23. The summed E-state index contributed by atoms with van der Waals surface area (Å²) in [5.41, 5.74) is 0.784. The van der Waals surface area contributed by atoms with Gasteiger partial charge in [0.05, 0.1) is 0 Å². The SMILES string of the molecule is O=C(NCc1ccc(O)c(O)c1)C1CCCC1. The highest BCUT2D eigenvalue weighted by Crippen LogP contribution is 2.26. The van der Waals surface area contributed by atoms with Crippen molar-refractivity contribution in [1.29, 1.82) is 0 Å². The number of aromatic hydroxyl groups is 2. The van der Waals surface area contributed by atoms with E-state index in [2.05, 4.69) is 5.32 Å². The van der Waals surface area contributed by atoms with E-state index < -0.39 is 0 Å². The first-order valence-electron chi connectivity index (χ1n) is 5.95. The van der Waals surface area contributed by atoms with Crippen molar-refractivity contribution >= 4 is 5.91 Å². The third kappa shape index (κ3) is 2.90. The summed E-state index contributed by atoms with van der Waals surface area (Å²) < 4.78 is 0. The zero-order valence-corrected chi connectivity index (χ0v) is 9.65. The predicted octanol–water partition coefficient (Wildman–Crippen LogP) is 1.90. The van der Waals surface area contributed by atoms with Crippen LogP contribution >= 0.6 is 0 Å². The molecule has 0 bridgehead atoms. The smallest absolute Gasteiger partial charge is 0.223 e. The molecule has 1 aliphatic rings. The highest BCUT2D eigenvalue weighted by Gasteiger charge is 2.22. The average Bonchev–Trinajstić information content (AvgIpc) is 2.84. The quantitative estimate of drug-likeness (QED) is 0.701.